The smallest absolute Gasteiger partial charge is 0.162 e. The lowest BCUT2D eigenvalue weighted by Gasteiger charge is -2.04. The van der Waals surface area contributed by atoms with Crippen LogP contribution in [-0.4, -0.2) is 0 Å². The lowest BCUT2D eigenvalue weighted by atomic mass is 10.2. The van der Waals surface area contributed by atoms with Crippen LogP contribution in [0.5, 0.6) is 0 Å². The summed E-state index contributed by atoms with van der Waals surface area (Å²) in [5.74, 6) is 0. The number of benzene rings is 1. The molecule has 1 heterocycles. The molecule has 0 radical (unpaired) electrons. The van der Waals surface area contributed by atoms with Crippen molar-refractivity contribution in [2.45, 2.75) is 20.8 Å². The highest BCUT2D eigenvalue weighted by Crippen LogP contribution is 2.12. The Labute approximate surface area is 101 Å². The van der Waals surface area contributed by atoms with Crippen LogP contribution >= 0.6 is 11.6 Å². The summed E-state index contributed by atoms with van der Waals surface area (Å²) in [7, 11) is 0. The highest BCUT2D eigenvalue weighted by molar-refractivity contribution is 6.30. The van der Waals surface area contributed by atoms with Crippen molar-refractivity contribution in [3.63, 3.8) is 0 Å². The second-order valence-electron chi connectivity index (χ2n) is 4.13. The molecule has 1 aromatic carbocycles. The van der Waals surface area contributed by atoms with Crippen LogP contribution in [0.3, 0.4) is 0 Å². The average molecular weight is 233 g/mol. The number of halogens is 1. The number of hydrogen-bond donors (Lipinski definition) is 0. The summed E-state index contributed by atoms with van der Waals surface area (Å²) in [6.07, 6.45) is 0. The lowest BCUT2D eigenvalue weighted by Crippen LogP contribution is -2.37. The molecule has 0 aliphatic carbocycles. The highest BCUT2D eigenvalue weighted by Gasteiger charge is 2.14. The molecule has 0 aliphatic rings. The van der Waals surface area contributed by atoms with Gasteiger partial charge in [-0.1, -0.05) is 17.7 Å². The van der Waals surface area contributed by atoms with Gasteiger partial charge in [-0.3, -0.25) is 0 Å². The van der Waals surface area contributed by atoms with Crippen molar-refractivity contribution in [3.8, 4) is 5.69 Å². The van der Waals surface area contributed by atoms with E-state index in [1.54, 1.807) is 0 Å². The SMILES string of the molecule is Cc1cc(C)[n+](-c2cccc(Cl)c2)c(C)c1. The van der Waals surface area contributed by atoms with Crippen LogP contribution < -0.4 is 4.57 Å². The van der Waals surface area contributed by atoms with Crippen LogP contribution in [0.15, 0.2) is 36.4 Å². The molecule has 2 rings (SSSR count). The van der Waals surface area contributed by atoms with Gasteiger partial charge in [0.1, 0.15) is 0 Å². The van der Waals surface area contributed by atoms with E-state index in [0.29, 0.717) is 0 Å². The number of aryl methyl sites for hydroxylation is 3. The zero-order valence-electron chi connectivity index (χ0n) is 9.79. The van der Waals surface area contributed by atoms with Crippen LogP contribution in [0.4, 0.5) is 0 Å². The number of pyridine rings is 1. The molecule has 0 aliphatic heterocycles. The van der Waals surface area contributed by atoms with Gasteiger partial charge in [-0.05, 0) is 18.6 Å². The molecule has 16 heavy (non-hydrogen) atoms. The van der Waals surface area contributed by atoms with E-state index in [0.717, 1.165) is 10.7 Å². The Bertz CT molecular complexity index is 509. The molecule has 0 saturated carbocycles. The van der Waals surface area contributed by atoms with Crippen LogP contribution in [0.25, 0.3) is 5.69 Å². The van der Waals surface area contributed by atoms with Gasteiger partial charge < -0.3 is 0 Å². The number of aromatic nitrogens is 1. The van der Waals surface area contributed by atoms with Crippen molar-refractivity contribution in [2.75, 3.05) is 0 Å². The Hall–Kier alpha value is -1.34. The molecule has 1 nitrogen and oxygen atoms in total. The van der Waals surface area contributed by atoms with Crippen molar-refractivity contribution in [2.24, 2.45) is 0 Å². The summed E-state index contributed by atoms with van der Waals surface area (Å²) in [6.45, 7) is 6.34. The molecular weight excluding hydrogens is 218 g/mol. The summed E-state index contributed by atoms with van der Waals surface area (Å²) < 4.78 is 2.21. The Balaban J connectivity index is 2.64. The average Bonchev–Trinajstić information content (AvgIpc) is 2.15. The molecule has 2 aromatic rings. The first-order valence-electron chi connectivity index (χ1n) is 5.34. The first-order valence-corrected chi connectivity index (χ1v) is 5.71. The largest absolute Gasteiger partial charge is 0.212 e. The van der Waals surface area contributed by atoms with E-state index < -0.39 is 0 Å². The van der Waals surface area contributed by atoms with Crippen molar-refractivity contribution in [3.05, 3.63) is 58.4 Å². The normalized spacial score (nSPS) is 10.5. The van der Waals surface area contributed by atoms with Crippen LogP contribution in [0.1, 0.15) is 17.0 Å². The van der Waals surface area contributed by atoms with E-state index in [9.17, 15) is 0 Å². The summed E-state index contributed by atoms with van der Waals surface area (Å²) in [4.78, 5) is 0. The van der Waals surface area contributed by atoms with Gasteiger partial charge in [0.25, 0.3) is 0 Å². The maximum absolute atomic E-state index is 6.02. The minimum absolute atomic E-state index is 0.768. The van der Waals surface area contributed by atoms with Crippen LogP contribution in [0.2, 0.25) is 5.02 Å². The second-order valence-corrected chi connectivity index (χ2v) is 4.57. The molecular formula is C14H15ClN+. The van der Waals surface area contributed by atoms with Crippen molar-refractivity contribution < 1.29 is 4.57 Å². The van der Waals surface area contributed by atoms with E-state index in [-0.39, 0.29) is 0 Å². The quantitative estimate of drug-likeness (QED) is 0.663. The predicted molar refractivity (Wildman–Crippen MR) is 67.2 cm³/mol. The molecule has 0 unspecified atom stereocenters. The maximum Gasteiger partial charge on any atom is 0.212 e. The first-order chi connectivity index (χ1) is 7.58. The Morgan fingerprint density at radius 3 is 2.12 bits per heavy atom. The van der Waals surface area contributed by atoms with Gasteiger partial charge in [0.15, 0.2) is 11.4 Å². The minimum atomic E-state index is 0.768. The molecule has 0 spiro atoms. The van der Waals surface area contributed by atoms with E-state index in [4.69, 9.17) is 11.6 Å². The predicted octanol–water partition coefficient (Wildman–Crippen LogP) is 3.54. The third-order valence-corrected chi connectivity index (χ3v) is 2.88. The number of rotatable bonds is 1. The van der Waals surface area contributed by atoms with E-state index in [1.807, 2.05) is 18.2 Å². The van der Waals surface area contributed by atoms with Crippen molar-refractivity contribution in [1.29, 1.82) is 0 Å². The number of nitrogens with zero attached hydrogens (tertiary/aromatic N) is 1. The Kier molecular flexibility index (Phi) is 2.97. The van der Waals surface area contributed by atoms with Gasteiger partial charge >= 0.3 is 0 Å². The molecule has 0 amide bonds. The standard InChI is InChI=1S/C14H15ClN/c1-10-7-11(2)16(12(3)8-10)14-6-4-5-13(15)9-14/h4-9H,1-3H3/q+1. The molecule has 1 aromatic heterocycles. The summed E-state index contributed by atoms with van der Waals surface area (Å²) in [6, 6.07) is 12.3. The highest BCUT2D eigenvalue weighted by atomic mass is 35.5. The van der Waals surface area contributed by atoms with E-state index >= 15 is 0 Å². The van der Waals surface area contributed by atoms with Crippen LogP contribution in [-0.2, 0) is 0 Å². The fraction of sp³-hybridized carbons (Fsp3) is 0.214. The molecule has 0 fully saturated rings. The molecule has 0 atom stereocenters. The summed E-state index contributed by atoms with van der Waals surface area (Å²) in [5.41, 5.74) is 4.84. The van der Waals surface area contributed by atoms with Gasteiger partial charge in [0.05, 0.1) is 0 Å². The maximum atomic E-state index is 6.02. The minimum Gasteiger partial charge on any atom is -0.162 e. The van der Waals surface area contributed by atoms with E-state index in [2.05, 4.69) is 43.5 Å². The summed E-state index contributed by atoms with van der Waals surface area (Å²) in [5, 5.41) is 0.768. The van der Waals surface area contributed by atoms with E-state index in [1.165, 1.54) is 17.0 Å². The number of hydrogen-bond acceptors (Lipinski definition) is 0. The van der Waals surface area contributed by atoms with Crippen LogP contribution in [0, 0.1) is 20.8 Å². The van der Waals surface area contributed by atoms with Gasteiger partial charge in [-0.25, -0.2) is 0 Å². The Morgan fingerprint density at radius 1 is 0.938 bits per heavy atom. The van der Waals surface area contributed by atoms with Crippen molar-refractivity contribution in [1.82, 2.24) is 0 Å². The van der Waals surface area contributed by atoms with Gasteiger partial charge in [0.2, 0.25) is 5.69 Å². The molecule has 2 heteroatoms. The third-order valence-electron chi connectivity index (χ3n) is 2.64. The van der Waals surface area contributed by atoms with Crippen molar-refractivity contribution >= 4 is 11.6 Å². The molecule has 0 bridgehead atoms. The van der Waals surface area contributed by atoms with Gasteiger partial charge in [-0.15, -0.1) is 0 Å². The molecule has 0 saturated heterocycles. The fourth-order valence-electron chi connectivity index (χ4n) is 2.13. The molecule has 0 N–H and O–H groups in total. The monoisotopic (exact) mass is 232 g/mol. The van der Waals surface area contributed by atoms with Gasteiger partial charge in [0, 0.05) is 43.1 Å². The lowest BCUT2D eigenvalue weighted by molar-refractivity contribution is -0.609. The second kappa shape index (κ2) is 4.26. The zero-order chi connectivity index (χ0) is 11.7. The first kappa shape index (κ1) is 11.2. The topological polar surface area (TPSA) is 3.88 Å². The summed E-state index contributed by atoms with van der Waals surface area (Å²) >= 11 is 6.02. The fourth-order valence-corrected chi connectivity index (χ4v) is 2.31. The zero-order valence-corrected chi connectivity index (χ0v) is 10.5. The third kappa shape index (κ3) is 2.10. The molecule has 82 valence electrons. The van der Waals surface area contributed by atoms with Gasteiger partial charge in [-0.2, -0.15) is 4.57 Å². The Morgan fingerprint density at radius 2 is 1.56 bits per heavy atom.